The fourth-order valence-corrected chi connectivity index (χ4v) is 4.36. The molecule has 21 heavy (non-hydrogen) atoms. The molecule has 1 saturated carbocycles. The van der Waals surface area contributed by atoms with E-state index in [9.17, 15) is 9.59 Å². The van der Waals surface area contributed by atoms with E-state index in [1.807, 2.05) is 19.2 Å². The Morgan fingerprint density at radius 3 is 2.52 bits per heavy atom. The standard InChI is InChI=1S/C15H19ClN2O2S/c1-15(2)11-12(15)14(20)18(13(11)19)6-4-3-5-10-17-9(7-16)8-21-10/h8,11-12H,3-7H2,1-2H3. The first kappa shape index (κ1) is 15.0. The molecule has 2 atom stereocenters. The Balaban J connectivity index is 1.45. The predicted molar refractivity (Wildman–Crippen MR) is 82.1 cm³/mol. The molecule has 1 saturated heterocycles. The van der Waals surface area contributed by atoms with Crippen LogP contribution in [0, 0.1) is 17.3 Å². The van der Waals surface area contributed by atoms with E-state index in [4.69, 9.17) is 11.6 Å². The van der Waals surface area contributed by atoms with E-state index in [0.29, 0.717) is 12.4 Å². The molecule has 0 spiro atoms. The molecule has 1 aromatic heterocycles. The van der Waals surface area contributed by atoms with Crippen LogP contribution in [0.4, 0.5) is 0 Å². The van der Waals surface area contributed by atoms with Crippen LogP contribution in [0.25, 0.3) is 0 Å². The van der Waals surface area contributed by atoms with Crippen LogP contribution in [0.5, 0.6) is 0 Å². The van der Waals surface area contributed by atoms with Crippen molar-refractivity contribution in [3.8, 4) is 0 Å². The third-order valence-corrected chi connectivity index (χ3v) is 5.88. The Bertz CT molecular complexity index is 560. The maximum atomic E-state index is 12.2. The molecule has 0 radical (unpaired) electrons. The molecular formula is C15H19ClN2O2S. The number of halogens is 1. The first-order valence-electron chi connectivity index (χ1n) is 7.31. The molecule has 1 aliphatic heterocycles. The highest BCUT2D eigenvalue weighted by atomic mass is 35.5. The molecular weight excluding hydrogens is 308 g/mol. The average molecular weight is 327 g/mol. The van der Waals surface area contributed by atoms with E-state index < -0.39 is 0 Å². The number of piperidine rings is 1. The highest BCUT2D eigenvalue weighted by molar-refractivity contribution is 7.09. The second-order valence-electron chi connectivity index (χ2n) is 6.43. The van der Waals surface area contributed by atoms with E-state index in [1.54, 1.807) is 11.3 Å². The number of carbonyl (C=O) groups excluding carboxylic acids is 2. The van der Waals surface area contributed by atoms with Gasteiger partial charge in [0, 0.05) is 11.9 Å². The van der Waals surface area contributed by atoms with Gasteiger partial charge in [-0.3, -0.25) is 14.5 Å². The number of unbranched alkanes of at least 4 members (excludes halogenated alkanes) is 1. The Kier molecular flexibility index (Phi) is 3.82. The minimum Gasteiger partial charge on any atom is -0.282 e. The summed E-state index contributed by atoms with van der Waals surface area (Å²) in [5.74, 6) is 0.402. The Morgan fingerprint density at radius 1 is 1.29 bits per heavy atom. The highest BCUT2D eigenvalue weighted by Gasteiger charge is 2.72. The summed E-state index contributed by atoms with van der Waals surface area (Å²) >= 11 is 7.35. The summed E-state index contributed by atoms with van der Waals surface area (Å²) in [6.45, 7) is 4.56. The van der Waals surface area contributed by atoms with Crippen molar-refractivity contribution in [2.75, 3.05) is 6.54 Å². The van der Waals surface area contributed by atoms with Crippen molar-refractivity contribution in [3.05, 3.63) is 16.1 Å². The lowest BCUT2D eigenvalue weighted by Crippen LogP contribution is -2.36. The van der Waals surface area contributed by atoms with Gasteiger partial charge >= 0.3 is 0 Å². The molecule has 1 aromatic rings. The molecule has 2 heterocycles. The van der Waals surface area contributed by atoms with Gasteiger partial charge in [-0.1, -0.05) is 13.8 Å². The Labute approximate surface area is 133 Å². The van der Waals surface area contributed by atoms with Crippen LogP contribution < -0.4 is 0 Å². The van der Waals surface area contributed by atoms with Gasteiger partial charge in [0.1, 0.15) is 0 Å². The van der Waals surface area contributed by atoms with Gasteiger partial charge in [0.05, 0.1) is 28.4 Å². The minimum absolute atomic E-state index is 0.0358. The predicted octanol–water partition coefficient (Wildman–Crippen LogP) is 2.85. The number of aryl methyl sites for hydroxylation is 1. The van der Waals surface area contributed by atoms with E-state index >= 15 is 0 Å². The third-order valence-electron chi connectivity index (χ3n) is 4.65. The maximum Gasteiger partial charge on any atom is 0.233 e. The van der Waals surface area contributed by atoms with Gasteiger partial charge in [0.25, 0.3) is 0 Å². The number of imide groups is 1. The Morgan fingerprint density at radius 2 is 1.95 bits per heavy atom. The number of likely N-dealkylation sites (tertiary alicyclic amines) is 1. The molecule has 2 amide bonds. The van der Waals surface area contributed by atoms with Crippen molar-refractivity contribution in [1.82, 2.24) is 9.88 Å². The quantitative estimate of drug-likeness (QED) is 0.459. The molecule has 0 aromatic carbocycles. The number of thiazole rings is 1. The molecule has 0 N–H and O–H groups in total. The molecule has 4 nitrogen and oxygen atoms in total. The summed E-state index contributed by atoms with van der Waals surface area (Å²) in [5, 5.41) is 3.06. The summed E-state index contributed by atoms with van der Waals surface area (Å²) < 4.78 is 0. The average Bonchev–Trinajstić information content (AvgIpc) is 2.77. The van der Waals surface area contributed by atoms with E-state index in [-0.39, 0.29) is 29.1 Å². The number of hydrogen-bond acceptors (Lipinski definition) is 4. The number of rotatable bonds is 6. The van der Waals surface area contributed by atoms with Crippen molar-refractivity contribution in [1.29, 1.82) is 0 Å². The van der Waals surface area contributed by atoms with Crippen LogP contribution in [0.3, 0.4) is 0 Å². The molecule has 114 valence electrons. The molecule has 0 bridgehead atoms. The van der Waals surface area contributed by atoms with E-state index in [0.717, 1.165) is 30.0 Å². The first-order chi connectivity index (χ1) is 9.96. The second kappa shape index (κ2) is 5.36. The monoisotopic (exact) mass is 326 g/mol. The number of alkyl halides is 1. The molecule has 2 aliphatic rings. The number of nitrogens with zero attached hydrogens (tertiary/aromatic N) is 2. The number of aromatic nitrogens is 1. The van der Waals surface area contributed by atoms with Crippen LogP contribution in [-0.4, -0.2) is 28.2 Å². The van der Waals surface area contributed by atoms with Crippen LogP contribution >= 0.6 is 22.9 Å². The van der Waals surface area contributed by atoms with Gasteiger partial charge in [-0.15, -0.1) is 22.9 Å². The maximum absolute atomic E-state index is 12.2. The van der Waals surface area contributed by atoms with E-state index in [2.05, 4.69) is 4.98 Å². The van der Waals surface area contributed by atoms with Crippen LogP contribution in [0.2, 0.25) is 0 Å². The zero-order chi connectivity index (χ0) is 15.2. The largest absolute Gasteiger partial charge is 0.282 e. The van der Waals surface area contributed by atoms with Crippen LogP contribution in [0.1, 0.15) is 37.4 Å². The first-order valence-corrected chi connectivity index (χ1v) is 8.72. The molecule has 6 heteroatoms. The number of fused-ring (bicyclic) bond motifs is 1. The van der Waals surface area contributed by atoms with Crippen LogP contribution in [-0.2, 0) is 21.9 Å². The minimum atomic E-state index is -0.108. The van der Waals surface area contributed by atoms with Gasteiger partial charge < -0.3 is 0 Å². The van der Waals surface area contributed by atoms with Gasteiger partial charge in [-0.05, 0) is 24.7 Å². The van der Waals surface area contributed by atoms with Crippen molar-refractivity contribution < 1.29 is 9.59 Å². The van der Waals surface area contributed by atoms with Crippen molar-refractivity contribution in [3.63, 3.8) is 0 Å². The second-order valence-corrected chi connectivity index (χ2v) is 7.64. The van der Waals surface area contributed by atoms with Gasteiger partial charge in [0.2, 0.25) is 11.8 Å². The third kappa shape index (κ3) is 2.50. The Hall–Kier alpha value is -0.940. The van der Waals surface area contributed by atoms with Crippen molar-refractivity contribution >= 4 is 34.8 Å². The molecule has 2 fully saturated rings. The lowest BCUT2D eigenvalue weighted by Gasteiger charge is -2.20. The zero-order valence-corrected chi connectivity index (χ0v) is 13.8. The SMILES string of the molecule is CC1(C)C2C(=O)N(CCCCc3nc(CCl)cs3)C(=O)C21. The summed E-state index contributed by atoms with van der Waals surface area (Å²) in [5.41, 5.74) is 0.813. The lowest BCUT2D eigenvalue weighted by molar-refractivity contribution is -0.143. The fourth-order valence-electron chi connectivity index (χ4n) is 3.30. The normalized spacial score (nSPS) is 26.3. The lowest BCUT2D eigenvalue weighted by atomic mass is 10.1. The van der Waals surface area contributed by atoms with Crippen molar-refractivity contribution in [2.45, 2.75) is 39.0 Å². The zero-order valence-electron chi connectivity index (χ0n) is 12.3. The van der Waals surface area contributed by atoms with Crippen LogP contribution in [0.15, 0.2) is 5.38 Å². The number of hydrogen-bond donors (Lipinski definition) is 0. The topological polar surface area (TPSA) is 50.3 Å². The summed E-state index contributed by atoms with van der Waals surface area (Å²) in [6, 6.07) is 0. The summed E-state index contributed by atoms with van der Waals surface area (Å²) in [6.07, 6.45) is 2.66. The molecule has 1 aliphatic carbocycles. The molecule has 2 unspecified atom stereocenters. The van der Waals surface area contributed by atoms with Gasteiger partial charge in [0.15, 0.2) is 0 Å². The summed E-state index contributed by atoms with van der Waals surface area (Å²) in [4.78, 5) is 30.2. The smallest absolute Gasteiger partial charge is 0.233 e. The molecule has 3 rings (SSSR count). The van der Waals surface area contributed by atoms with Gasteiger partial charge in [-0.2, -0.15) is 0 Å². The van der Waals surface area contributed by atoms with Crippen molar-refractivity contribution in [2.24, 2.45) is 17.3 Å². The highest BCUT2D eigenvalue weighted by Crippen LogP contribution is 2.63. The van der Waals surface area contributed by atoms with E-state index in [1.165, 1.54) is 4.90 Å². The fraction of sp³-hybridized carbons (Fsp3) is 0.667. The number of amides is 2. The number of carbonyl (C=O) groups is 2. The van der Waals surface area contributed by atoms with Gasteiger partial charge in [-0.25, -0.2) is 4.98 Å². The summed E-state index contributed by atoms with van der Waals surface area (Å²) in [7, 11) is 0.